The van der Waals surface area contributed by atoms with Gasteiger partial charge in [-0.05, 0) is 18.1 Å². The van der Waals surface area contributed by atoms with E-state index in [9.17, 15) is 9.59 Å². The van der Waals surface area contributed by atoms with Crippen LogP contribution in [-0.2, 0) is 25.1 Å². The molecule has 2 rings (SSSR count). The summed E-state index contributed by atoms with van der Waals surface area (Å²) in [5, 5.41) is -0.0710. The summed E-state index contributed by atoms with van der Waals surface area (Å²) in [6.45, 7) is 2.85. The number of rotatable bonds is 2. The van der Waals surface area contributed by atoms with Crippen LogP contribution in [0.25, 0.3) is 5.57 Å². The Morgan fingerprint density at radius 3 is 2.67 bits per heavy atom. The van der Waals surface area contributed by atoms with Crippen LogP contribution in [0, 0.1) is 0 Å². The lowest BCUT2D eigenvalue weighted by molar-refractivity contribution is -0.244. The third-order valence-electron chi connectivity index (χ3n) is 2.49. The Kier molecular flexibility index (Phi) is 3.72. The van der Waals surface area contributed by atoms with E-state index in [1.807, 2.05) is 24.3 Å². The van der Waals surface area contributed by atoms with Gasteiger partial charge >= 0.3 is 5.97 Å². The van der Waals surface area contributed by atoms with Crippen molar-refractivity contribution in [1.82, 2.24) is 0 Å². The number of carbonyl (C=O) groups excluding carboxylic acids is 2. The molecular formula is C13H12O4S. The molecule has 0 saturated carbocycles. The Morgan fingerprint density at radius 2 is 1.94 bits per heavy atom. The highest BCUT2D eigenvalue weighted by Gasteiger charge is 2.25. The highest BCUT2D eigenvalue weighted by molar-refractivity contribution is 8.14. The fourth-order valence-corrected chi connectivity index (χ4v) is 2.65. The van der Waals surface area contributed by atoms with Crippen LogP contribution in [0.3, 0.4) is 0 Å². The van der Waals surface area contributed by atoms with E-state index < -0.39 is 5.97 Å². The minimum atomic E-state index is -0.556. The van der Waals surface area contributed by atoms with Gasteiger partial charge in [-0.1, -0.05) is 36.0 Å². The Balaban J connectivity index is 2.39. The average Bonchev–Trinajstić information content (AvgIpc) is 2.36. The molecule has 0 unspecified atom stereocenters. The van der Waals surface area contributed by atoms with Gasteiger partial charge in [0.05, 0.1) is 5.57 Å². The van der Waals surface area contributed by atoms with Gasteiger partial charge in [0.15, 0.2) is 5.76 Å². The zero-order chi connectivity index (χ0) is 13.1. The summed E-state index contributed by atoms with van der Waals surface area (Å²) in [7, 11) is 0. The lowest BCUT2D eigenvalue weighted by atomic mass is 10.00. The second kappa shape index (κ2) is 5.27. The fraction of sp³-hybridized carbons (Fsp3) is 0.231. The van der Waals surface area contributed by atoms with Crippen molar-refractivity contribution in [3.8, 4) is 0 Å². The van der Waals surface area contributed by atoms with Crippen molar-refractivity contribution in [2.45, 2.75) is 19.6 Å². The predicted octanol–water partition coefficient (Wildman–Crippen LogP) is 2.69. The molecule has 1 aliphatic rings. The summed E-state index contributed by atoms with van der Waals surface area (Å²) in [5.41, 5.74) is 2.37. The van der Waals surface area contributed by atoms with E-state index in [2.05, 4.69) is 4.89 Å². The first kappa shape index (κ1) is 12.7. The molecule has 0 aromatic heterocycles. The minimum Gasteiger partial charge on any atom is -0.291 e. The highest BCUT2D eigenvalue weighted by atomic mass is 32.2. The van der Waals surface area contributed by atoms with Crippen molar-refractivity contribution in [3.05, 3.63) is 41.2 Å². The molecule has 1 heterocycles. The fourth-order valence-electron chi connectivity index (χ4n) is 1.71. The van der Waals surface area contributed by atoms with Crippen LogP contribution in [0.5, 0.6) is 0 Å². The Labute approximate surface area is 109 Å². The maximum absolute atomic E-state index is 11.9. The smallest absolute Gasteiger partial charge is 0.291 e. The van der Waals surface area contributed by atoms with Crippen molar-refractivity contribution in [3.63, 3.8) is 0 Å². The highest BCUT2D eigenvalue weighted by Crippen LogP contribution is 2.35. The molecule has 1 aromatic carbocycles. The van der Waals surface area contributed by atoms with Gasteiger partial charge < -0.3 is 0 Å². The Morgan fingerprint density at radius 1 is 1.22 bits per heavy atom. The second-order valence-corrected chi connectivity index (χ2v) is 4.77. The molecule has 0 radical (unpaired) electrons. The van der Waals surface area contributed by atoms with Gasteiger partial charge in [-0.3, -0.25) is 14.6 Å². The number of allylic oxidation sites excluding steroid dienone is 1. The zero-order valence-electron chi connectivity index (χ0n) is 10.1. The molecule has 1 aliphatic heterocycles. The molecule has 0 fully saturated rings. The molecule has 0 spiro atoms. The van der Waals surface area contributed by atoms with E-state index in [4.69, 9.17) is 4.89 Å². The lowest BCUT2D eigenvalue weighted by Gasteiger charge is -2.18. The SMILES string of the molecule is CC(=O)OOC(C)=C1C(=O)SCc2ccccc21. The van der Waals surface area contributed by atoms with Crippen LogP contribution in [0.4, 0.5) is 0 Å². The van der Waals surface area contributed by atoms with Gasteiger partial charge in [0, 0.05) is 12.7 Å². The van der Waals surface area contributed by atoms with Crippen LogP contribution in [0.15, 0.2) is 30.0 Å². The molecular weight excluding hydrogens is 252 g/mol. The van der Waals surface area contributed by atoms with Crippen molar-refractivity contribution in [2.24, 2.45) is 0 Å². The maximum Gasteiger partial charge on any atom is 0.352 e. The van der Waals surface area contributed by atoms with Crippen LogP contribution in [-0.4, -0.2) is 11.1 Å². The van der Waals surface area contributed by atoms with Crippen molar-refractivity contribution < 1.29 is 19.4 Å². The summed E-state index contributed by atoms with van der Waals surface area (Å²) in [5.74, 6) is 0.397. The van der Waals surface area contributed by atoms with Crippen molar-refractivity contribution in [1.29, 1.82) is 0 Å². The van der Waals surface area contributed by atoms with Crippen molar-refractivity contribution >= 4 is 28.4 Å². The molecule has 0 saturated heterocycles. The van der Waals surface area contributed by atoms with Crippen LogP contribution < -0.4 is 0 Å². The maximum atomic E-state index is 11.9. The quantitative estimate of drug-likeness (QED) is 0.356. The van der Waals surface area contributed by atoms with E-state index in [0.717, 1.165) is 11.1 Å². The summed E-state index contributed by atoms with van der Waals surface area (Å²) in [6.07, 6.45) is 0. The minimum absolute atomic E-state index is 0.0710. The number of thioether (sulfide) groups is 1. The summed E-state index contributed by atoms with van der Waals surface area (Å²) >= 11 is 1.21. The average molecular weight is 264 g/mol. The predicted molar refractivity (Wildman–Crippen MR) is 68.2 cm³/mol. The molecule has 4 nitrogen and oxygen atoms in total. The van der Waals surface area contributed by atoms with Gasteiger partial charge in [-0.15, -0.1) is 0 Å². The van der Waals surface area contributed by atoms with Gasteiger partial charge in [0.25, 0.3) is 0 Å². The normalized spacial score (nSPS) is 16.9. The first-order valence-corrected chi connectivity index (χ1v) is 6.39. The molecule has 0 N–H and O–H groups in total. The lowest BCUT2D eigenvalue weighted by Crippen LogP contribution is -2.11. The topological polar surface area (TPSA) is 52.6 Å². The van der Waals surface area contributed by atoms with Crippen LogP contribution >= 0.6 is 11.8 Å². The standard InChI is InChI=1S/C13H12O4S/c1-8(16-17-9(2)14)12-11-6-4-3-5-10(11)7-18-13(12)15/h3-6H,7H2,1-2H3. The molecule has 0 atom stereocenters. The van der Waals surface area contributed by atoms with E-state index in [1.165, 1.54) is 18.7 Å². The molecule has 0 bridgehead atoms. The Bertz CT molecular complexity index is 534. The van der Waals surface area contributed by atoms with E-state index in [1.54, 1.807) is 6.92 Å². The second-order valence-electron chi connectivity index (χ2n) is 3.82. The summed E-state index contributed by atoms with van der Waals surface area (Å²) in [6, 6.07) is 7.62. The van der Waals surface area contributed by atoms with Gasteiger partial charge in [0.1, 0.15) is 0 Å². The number of hydrogen-bond acceptors (Lipinski definition) is 5. The number of hydrogen-bond donors (Lipinski definition) is 0. The van der Waals surface area contributed by atoms with Crippen molar-refractivity contribution in [2.75, 3.05) is 0 Å². The van der Waals surface area contributed by atoms with E-state index in [0.29, 0.717) is 17.1 Å². The Hall–Kier alpha value is -1.75. The van der Waals surface area contributed by atoms with E-state index >= 15 is 0 Å². The number of benzene rings is 1. The summed E-state index contributed by atoms with van der Waals surface area (Å²) < 4.78 is 0. The first-order valence-electron chi connectivity index (χ1n) is 5.41. The largest absolute Gasteiger partial charge is 0.352 e. The van der Waals surface area contributed by atoms with Crippen LogP contribution in [0.2, 0.25) is 0 Å². The summed E-state index contributed by atoms with van der Waals surface area (Å²) in [4.78, 5) is 32.0. The molecule has 5 heteroatoms. The zero-order valence-corrected chi connectivity index (χ0v) is 10.9. The third-order valence-corrected chi connectivity index (χ3v) is 3.41. The van der Waals surface area contributed by atoms with E-state index in [-0.39, 0.29) is 5.12 Å². The molecule has 18 heavy (non-hydrogen) atoms. The molecule has 0 amide bonds. The first-order chi connectivity index (χ1) is 8.59. The monoisotopic (exact) mass is 264 g/mol. The molecule has 0 aliphatic carbocycles. The molecule has 94 valence electrons. The number of carbonyl (C=O) groups is 2. The van der Waals surface area contributed by atoms with Gasteiger partial charge in [-0.25, -0.2) is 4.79 Å². The third kappa shape index (κ3) is 2.56. The van der Waals surface area contributed by atoms with Gasteiger partial charge in [-0.2, -0.15) is 0 Å². The van der Waals surface area contributed by atoms with Gasteiger partial charge in [0.2, 0.25) is 5.12 Å². The number of fused-ring (bicyclic) bond motifs is 1. The molecule has 1 aromatic rings. The van der Waals surface area contributed by atoms with Crippen LogP contribution in [0.1, 0.15) is 25.0 Å².